The van der Waals surface area contributed by atoms with E-state index in [1.165, 1.54) is 13.2 Å². The fraction of sp³-hybridized carbons (Fsp3) is 0.552. The first kappa shape index (κ1) is 32.6. The van der Waals surface area contributed by atoms with Crippen molar-refractivity contribution in [2.45, 2.75) is 71.5 Å². The third-order valence-corrected chi connectivity index (χ3v) is 6.12. The van der Waals surface area contributed by atoms with Crippen LogP contribution in [0.25, 0.3) is 0 Å². The summed E-state index contributed by atoms with van der Waals surface area (Å²) in [6, 6.07) is 7.97. The highest BCUT2D eigenvalue weighted by atomic mass is 16.5. The van der Waals surface area contributed by atoms with Crippen molar-refractivity contribution < 1.29 is 33.2 Å². The Morgan fingerprint density at radius 2 is 1.62 bits per heavy atom. The average molecular weight is 559 g/mol. The maximum Gasteiger partial charge on any atom is 0.274 e. The van der Waals surface area contributed by atoms with Crippen LogP contribution in [-0.2, 0) is 30.3 Å². The van der Waals surface area contributed by atoms with E-state index in [4.69, 9.17) is 14.0 Å². The Morgan fingerprint density at radius 1 is 0.950 bits per heavy atom. The molecule has 220 valence electrons. The van der Waals surface area contributed by atoms with E-state index in [1.54, 1.807) is 6.92 Å². The van der Waals surface area contributed by atoms with E-state index < -0.39 is 35.8 Å². The zero-order valence-corrected chi connectivity index (χ0v) is 24.0. The molecule has 0 saturated carbocycles. The van der Waals surface area contributed by atoms with Crippen molar-refractivity contribution in [1.29, 1.82) is 0 Å². The number of carbonyl (C=O) groups is 4. The fourth-order valence-corrected chi connectivity index (χ4v) is 4.05. The number of benzene rings is 1. The average Bonchev–Trinajstić information content (AvgIpc) is 3.36. The van der Waals surface area contributed by atoms with Crippen LogP contribution in [0.1, 0.15) is 61.8 Å². The van der Waals surface area contributed by atoms with Gasteiger partial charge in [0.05, 0.1) is 12.6 Å². The SMILES string of the molecule is CCOCCC(=O)C(CC(C)C)NC(=O)[C@H](Cc1ccccc1)NC(=O)C(CCOC)NC(=O)c1cc(C)on1. The number of hydrogen-bond donors (Lipinski definition) is 3. The lowest BCUT2D eigenvalue weighted by atomic mass is 9.97. The molecule has 0 spiro atoms. The molecular formula is C29H42N4O7. The molecule has 3 atom stereocenters. The minimum Gasteiger partial charge on any atom is -0.385 e. The number of nitrogens with one attached hydrogen (secondary N) is 3. The van der Waals surface area contributed by atoms with Crippen LogP contribution in [0.4, 0.5) is 0 Å². The molecule has 3 amide bonds. The van der Waals surface area contributed by atoms with E-state index in [9.17, 15) is 19.2 Å². The van der Waals surface area contributed by atoms with Gasteiger partial charge in [-0.3, -0.25) is 19.2 Å². The summed E-state index contributed by atoms with van der Waals surface area (Å²) in [5, 5.41) is 12.0. The number of ether oxygens (including phenoxy) is 2. The Kier molecular flexibility index (Phi) is 14.0. The van der Waals surface area contributed by atoms with Gasteiger partial charge >= 0.3 is 0 Å². The molecule has 40 heavy (non-hydrogen) atoms. The molecule has 11 heteroatoms. The van der Waals surface area contributed by atoms with E-state index in [-0.39, 0.29) is 49.9 Å². The Balaban J connectivity index is 2.23. The van der Waals surface area contributed by atoms with Crippen molar-refractivity contribution in [1.82, 2.24) is 21.1 Å². The number of Topliss-reactive ketones (excluding diaryl/α,β-unsaturated/α-hetero) is 1. The van der Waals surface area contributed by atoms with Crippen molar-refractivity contribution in [3.63, 3.8) is 0 Å². The highest BCUT2D eigenvalue weighted by Crippen LogP contribution is 2.11. The molecule has 3 N–H and O–H groups in total. The summed E-state index contributed by atoms with van der Waals surface area (Å²) in [6.45, 7) is 8.40. The van der Waals surface area contributed by atoms with Crippen molar-refractivity contribution >= 4 is 23.5 Å². The summed E-state index contributed by atoms with van der Waals surface area (Å²) in [5.74, 6) is -1.17. The van der Waals surface area contributed by atoms with Crippen molar-refractivity contribution in [2.75, 3.05) is 26.9 Å². The summed E-state index contributed by atoms with van der Waals surface area (Å²) in [4.78, 5) is 52.6. The van der Waals surface area contributed by atoms with E-state index >= 15 is 0 Å². The third-order valence-electron chi connectivity index (χ3n) is 6.12. The van der Waals surface area contributed by atoms with Gasteiger partial charge in [0.25, 0.3) is 5.91 Å². The lowest BCUT2D eigenvalue weighted by Gasteiger charge is -2.26. The summed E-state index contributed by atoms with van der Waals surface area (Å²) in [6.07, 6.45) is 0.976. The number of carbonyl (C=O) groups excluding carboxylic acids is 4. The van der Waals surface area contributed by atoms with Crippen molar-refractivity contribution in [2.24, 2.45) is 5.92 Å². The highest BCUT2D eigenvalue weighted by Gasteiger charge is 2.30. The number of methoxy groups -OCH3 is 1. The second-order valence-corrected chi connectivity index (χ2v) is 9.99. The van der Waals surface area contributed by atoms with Gasteiger partial charge in [0.1, 0.15) is 17.8 Å². The van der Waals surface area contributed by atoms with Gasteiger partial charge in [-0.1, -0.05) is 49.3 Å². The lowest BCUT2D eigenvalue weighted by Crippen LogP contribution is -2.56. The number of aryl methyl sites for hydroxylation is 1. The second-order valence-electron chi connectivity index (χ2n) is 9.99. The molecule has 1 aromatic carbocycles. The molecular weight excluding hydrogens is 516 g/mol. The Hall–Kier alpha value is -3.57. The zero-order valence-electron chi connectivity index (χ0n) is 24.0. The smallest absolute Gasteiger partial charge is 0.274 e. The minimum absolute atomic E-state index is 0.0355. The minimum atomic E-state index is -1.00. The van der Waals surface area contributed by atoms with Crippen molar-refractivity contribution in [3.05, 3.63) is 53.4 Å². The maximum atomic E-state index is 13.5. The number of hydrogen-bond acceptors (Lipinski definition) is 8. The normalized spacial score (nSPS) is 13.3. The molecule has 2 unspecified atom stereocenters. The molecule has 0 aliphatic heterocycles. The van der Waals surface area contributed by atoms with E-state index in [0.29, 0.717) is 18.8 Å². The Bertz CT molecular complexity index is 1090. The van der Waals surface area contributed by atoms with Crippen molar-refractivity contribution in [3.8, 4) is 0 Å². The van der Waals surface area contributed by atoms with Gasteiger partial charge in [0.2, 0.25) is 11.8 Å². The quantitative estimate of drug-likeness (QED) is 0.236. The molecule has 2 aromatic rings. The van der Waals surface area contributed by atoms with E-state index in [1.807, 2.05) is 51.1 Å². The Labute approximate surface area is 235 Å². The predicted octanol–water partition coefficient (Wildman–Crippen LogP) is 2.37. The Morgan fingerprint density at radius 3 is 2.23 bits per heavy atom. The first-order chi connectivity index (χ1) is 19.1. The highest BCUT2D eigenvalue weighted by molar-refractivity contribution is 5.97. The van der Waals surface area contributed by atoms with Crippen LogP contribution in [-0.4, -0.2) is 73.7 Å². The van der Waals surface area contributed by atoms with Gasteiger partial charge in [0.15, 0.2) is 11.5 Å². The van der Waals surface area contributed by atoms with E-state index in [0.717, 1.165) is 5.56 Å². The van der Waals surface area contributed by atoms with Crippen LogP contribution in [0.5, 0.6) is 0 Å². The maximum absolute atomic E-state index is 13.5. The molecule has 2 rings (SSSR count). The van der Waals surface area contributed by atoms with Crippen LogP contribution in [0, 0.1) is 12.8 Å². The lowest BCUT2D eigenvalue weighted by molar-refractivity contribution is -0.132. The fourth-order valence-electron chi connectivity index (χ4n) is 4.05. The molecule has 0 radical (unpaired) electrons. The summed E-state index contributed by atoms with van der Waals surface area (Å²) in [7, 11) is 1.49. The van der Waals surface area contributed by atoms with Crippen LogP contribution < -0.4 is 16.0 Å². The van der Waals surface area contributed by atoms with Crippen LogP contribution in [0.15, 0.2) is 40.9 Å². The summed E-state index contributed by atoms with van der Waals surface area (Å²) in [5.41, 5.74) is 0.856. The molecule has 0 aliphatic carbocycles. The first-order valence-corrected chi connectivity index (χ1v) is 13.6. The topological polar surface area (TPSA) is 149 Å². The molecule has 0 saturated heterocycles. The molecule has 1 heterocycles. The van der Waals surface area contributed by atoms with Crippen LogP contribution in [0.3, 0.4) is 0 Å². The molecule has 1 aromatic heterocycles. The monoisotopic (exact) mass is 558 g/mol. The molecule has 0 aliphatic rings. The molecule has 0 bridgehead atoms. The number of rotatable bonds is 18. The first-order valence-electron chi connectivity index (χ1n) is 13.6. The zero-order chi connectivity index (χ0) is 29.5. The second kappa shape index (κ2) is 17.2. The standard InChI is InChI=1S/C29H42N4O7/c1-6-39-15-13-26(34)23(16-19(2)3)31-28(36)24(18-21-10-8-7-9-11-21)32-27(35)22(12-14-38-5)30-29(37)25-17-20(4)40-33-25/h7-11,17,19,22-24H,6,12-16,18H2,1-5H3,(H,30,37)(H,31,36)(H,32,35)/t22?,23?,24-/m0/s1. The van der Waals surface area contributed by atoms with Gasteiger partial charge in [-0.2, -0.15) is 0 Å². The van der Waals surface area contributed by atoms with Gasteiger partial charge in [-0.25, -0.2) is 0 Å². The number of nitrogens with zero attached hydrogens (tertiary/aromatic N) is 1. The largest absolute Gasteiger partial charge is 0.385 e. The van der Waals surface area contributed by atoms with Crippen LogP contribution in [0.2, 0.25) is 0 Å². The third kappa shape index (κ3) is 11.3. The molecule has 0 fully saturated rings. The number of aromatic nitrogens is 1. The van der Waals surface area contributed by atoms with Gasteiger partial charge in [-0.15, -0.1) is 0 Å². The van der Waals surface area contributed by atoms with Gasteiger partial charge in [0, 0.05) is 39.2 Å². The summed E-state index contributed by atoms with van der Waals surface area (Å²) >= 11 is 0. The van der Waals surface area contributed by atoms with Gasteiger partial charge in [-0.05, 0) is 38.2 Å². The summed E-state index contributed by atoms with van der Waals surface area (Å²) < 4.78 is 15.4. The van der Waals surface area contributed by atoms with Crippen LogP contribution >= 0.6 is 0 Å². The predicted molar refractivity (Wildman–Crippen MR) is 149 cm³/mol. The number of amides is 3. The molecule has 11 nitrogen and oxygen atoms in total. The van der Waals surface area contributed by atoms with Gasteiger partial charge < -0.3 is 29.9 Å². The van der Waals surface area contributed by atoms with E-state index in [2.05, 4.69) is 21.1 Å². The number of ketones is 1.